The van der Waals surface area contributed by atoms with Crippen molar-refractivity contribution in [3.8, 4) is 5.75 Å². The Morgan fingerprint density at radius 2 is 1.71 bits per heavy atom. The van der Waals surface area contributed by atoms with E-state index in [2.05, 4.69) is 0 Å². The monoisotopic (exact) mass is 381 g/mol. The van der Waals surface area contributed by atoms with E-state index in [1.807, 2.05) is 61.5 Å². The Bertz CT molecular complexity index is 797. The van der Waals surface area contributed by atoms with E-state index in [4.69, 9.17) is 9.47 Å². The van der Waals surface area contributed by atoms with Gasteiger partial charge in [0.1, 0.15) is 5.75 Å². The van der Waals surface area contributed by atoms with Crippen LogP contribution in [0.3, 0.4) is 0 Å². The zero-order valence-electron chi connectivity index (χ0n) is 16.5. The molecule has 0 unspecified atom stereocenters. The molecule has 1 aliphatic carbocycles. The highest BCUT2D eigenvalue weighted by Crippen LogP contribution is 2.44. The Morgan fingerprint density at radius 3 is 2.29 bits per heavy atom. The molecule has 0 aromatic heterocycles. The summed E-state index contributed by atoms with van der Waals surface area (Å²) in [5, 5.41) is 0. The van der Waals surface area contributed by atoms with Crippen LogP contribution in [-0.2, 0) is 26.3 Å². The lowest BCUT2D eigenvalue weighted by atomic mass is 9.64. The van der Waals surface area contributed by atoms with E-state index >= 15 is 0 Å². The fourth-order valence-corrected chi connectivity index (χ4v) is 3.49. The van der Waals surface area contributed by atoms with Gasteiger partial charge in [-0.15, -0.1) is 0 Å². The number of rotatable bonds is 8. The molecule has 2 aromatic rings. The van der Waals surface area contributed by atoms with Crippen molar-refractivity contribution in [3.63, 3.8) is 0 Å². The van der Waals surface area contributed by atoms with Crippen LogP contribution in [-0.4, -0.2) is 37.0 Å². The van der Waals surface area contributed by atoms with Gasteiger partial charge in [0, 0.05) is 13.6 Å². The highest BCUT2D eigenvalue weighted by atomic mass is 16.5. The Balaban J connectivity index is 1.53. The second-order valence-corrected chi connectivity index (χ2v) is 7.20. The van der Waals surface area contributed by atoms with Crippen molar-refractivity contribution in [2.45, 2.75) is 38.1 Å². The van der Waals surface area contributed by atoms with Crippen LogP contribution in [0.1, 0.15) is 37.3 Å². The molecule has 1 aliphatic rings. The second-order valence-electron chi connectivity index (χ2n) is 7.20. The summed E-state index contributed by atoms with van der Waals surface area (Å²) < 4.78 is 10.8. The van der Waals surface area contributed by atoms with E-state index < -0.39 is 5.41 Å². The maximum absolute atomic E-state index is 12.7. The van der Waals surface area contributed by atoms with E-state index in [0.717, 1.165) is 36.1 Å². The Labute approximate surface area is 166 Å². The Hall–Kier alpha value is -2.82. The molecular weight excluding hydrogens is 354 g/mol. The van der Waals surface area contributed by atoms with Crippen molar-refractivity contribution < 1.29 is 19.1 Å². The number of likely N-dealkylation sites (N-methyl/N-ethyl adjacent to an activating group) is 1. The Morgan fingerprint density at radius 1 is 1.04 bits per heavy atom. The largest absolute Gasteiger partial charge is 0.494 e. The summed E-state index contributed by atoms with van der Waals surface area (Å²) in [6.45, 7) is 2.77. The minimum Gasteiger partial charge on any atom is -0.494 e. The first-order valence-corrected chi connectivity index (χ1v) is 9.73. The minimum atomic E-state index is -0.588. The first kappa shape index (κ1) is 19.9. The predicted octanol–water partition coefficient (Wildman–Crippen LogP) is 3.71. The zero-order chi connectivity index (χ0) is 20.0. The van der Waals surface area contributed by atoms with Gasteiger partial charge in [-0.1, -0.05) is 48.9 Å². The van der Waals surface area contributed by atoms with Crippen molar-refractivity contribution in [3.05, 3.63) is 65.7 Å². The molecule has 148 valence electrons. The molecule has 0 radical (unpaired) electrons. The number of esters is 1. The van der Waals surface area contributed by atoms with Crippen LogP contribution >= 0.6 is 0 Å². The molecule has 0 saturated heterocycles. The normalized spacial score (nSPS) is 14.6. The summed E-state index contributed by atoms with van der Waals surface area (Å²) in [4.78, 5) is 26.7. The van der Waals surface area contributed by atoms with Crippen molar-refractivity contribution >= 4 is 11.9 Å². The third-order valence-electron chi connectivity index (χ3n) is 5.33. The van der Waals surface area contributed by atoms with Crippen molar-refractivity contribution in [2.75, 3.05) is 20.3 Å². The lowest BCUT2D eigenvalue weighted by molar-refractivity contribution is -0.160. The Kier molecular flexibility index (Phi) is 6.34. The molecule has 0 heterocycles. The summed E-state index contributed by atoms with van der Waals surface area (Å²) in [6.07, 6.45) is 2.54. The molecule has 5 heteroatoms. The number of benzene rings is 2. The maximum atomic E-state index is 12.7. The minimum absolute atomic E-state index is 0.218. The lowest BCUT2D eigenvalue weighted by Crippen LogP contribution is -2.45. The van der Waals surface area contributed by atoms with Crippen LogP contribution < -0.4 is 4.74 Å². The average Bonchev–Trinajstić information content (AvgIpc) is 2.68. The van der Waals surface area contributed by atoms with Gasteiger partial charge >= 0.3 is 5.97 Å². The first-order valence-electron chi connectivity index (χ1n) is 9.73. The van der Waals surface area contributed by atoms with Gasteiger partial charge in [-0.3, -0.25) is 9.59 Å². The highest BCUT2D eigenvalue weighted by molar-refractivity contribution is 5.87. The van der Waals surface area contributed by atoms with Gasteiger partial charge in [-0.05, 0) is 43.0 Å². The second kappa shape index (κ2) is 8.91. The van der Waals surface area contributed by atoms with E-state index in [0.29, 0.717) is 13.2 Å². The highest BCUT2D eigenvalue weighted by Gasteiger charge is 2.47. The first-order chi connectivity index (χ1) is 13.5. The summed E-state index contributed by atoms with van der Waals surface area (Å²) in [5.74, 6) is 0.290. The van der Waals surface area contributed by atoms with Gasteiger partial charge in [-0.25, -0.2) is 0 Å². The number of carbonyl (C=O) groups excluding carboxylic acids is 2. The number of hydrogen-bond donors (Lipinski definition) is 0. The smallest absolute Gasteiger partial charge is 0.317 e. The molecule has 0 atom stereocenters. The molecule has 28 heavy (non-hydrogen) atoms. The molecule has 3 rings (SSSR count). The third-order valence-corrected chi connectivity index (χ3v) is 5.33. The average molecular weight is 381 g/mol. The number of carbonyl (C=O) groups is 2. The van der Waals surface area contributed by atoms with Crippen molar-refractivity contribution in [2.24, 2.45) is 0 Å². The van der Waals surface area contributed by atoms with Gasteiger partial charge in [0.05, 0.1) is 12.0 Å². The van der Waals surface area contributed by atoms with E-state index in [9.17, 15) is 9.59 Å². The molecule has 5 nitrogen and oxygen atoms in total. The number of hydrogen-bond acceptors (Lipinski definition) is 4. The molecule has 1 amide bonds. The van der Waals surface area contributed by atoms with E-state index in [1.54, 1.807) is 11.9 Å². The van der Waals surface area contributed by atoms with E-state index in [1.165, 1.54) is 0 Å². The van der Waals surface area contributed by atoms with Crippen LogP contribution in [0.4, 0.5) is 0 Å². The molecule has 0 N–H and O–H groups in total. The van der Waals surface area contributed by atoms with Crippen LogP contribution in [0.2, 0.25) is 0 Å². The molecule has 0 aliphatic heterocycles. The van der Waals surface area contributed by atoms with Crippen molar-refractivity contribution in [1.29, 1.82) is 0 Å². The van der Waals surface area contributed by atoms with Crippen LogP contribution in [0.25, 0.3) is 0 Å². The zero-order valence-corrected chi connectivity index (χ0v) is 16.5. The van der Waals surface area contributed by atoms with Crippen molar-refractivity contribution in [1.82, 2.24) is 4.90 Å². The third kappa shape index (κ3) is 4.35. The quantitative estimate of drug-likeness (QED) is 0.654. The summed E-state index contributed by atoms with van der Waals surface area (Å²) in [7, 11) is 1.71. The van der Waals surface area contributed by atoms with E-state index in [-0.39, 0.29) is 18.5 Å². The molecule has 1 saturated carbocycles. The standard InChI is InChI=1S/C23H27NO4/c1-3-27-20-12-10-18(11-13-20)16-24(2)21(25)17-28-22(26)23(14-7-15-23)19-8-5-4-6-9-19/h4-6,8-13H,3,7,14-17H2,1-2H3. The van der Waals surface area contributed by atoms with Crippen LogP contribution in [0, 0.1) is 0 Å². The lowest BCUT2D eigenvalue weighted by Gasteiger charge is -2.39. The fourth-order valence-electron chi connectivity index (χ4n) is 3.49. The molecule has 0 spiro atoms. The van der Waals surface area contributed by atoms with Gasteiger partial charge in [-0.2, -0.15) is 0 Å². The van der Waals surface area contributed by atoms with Crippen LogP contribution in [0.15, 0.2) is 54.6 Å². The van der Waals surface area contributed by atoms with Gasteiger partial charge < -0.3 is 14.4 Å². The maximum Gasteiger partial charge on any atom is 0.317 e. The van der Waals surface area contributed by atoms with Crippen LogP contribution in [0.5, 0.6) is 5.75 Å². The predicted molar refractivity (Wildman–Crippen MR) is 107 cm³/mol. The molecule has 2 aromatic carbocycles. The molecule has 1 fully saturated rings. The summed E-state index contributed by atoms with van der Waals surface area (Å²) in [6, 6.07) is 17.3. The summed E-state index contributed by atoms with van der Waals surface area (Å²) in [5.41, 5.74) is 1.38. The summed E-state index contributed by atoms with van der Waals surface area (Å²) >= 11 is 0. The SMILES string of the molecule is CCOc1ccc(CN(C)C(=O)COC(=O)C2(c3ccccc3)CCC2)cc1. The fraction of sp³-hybridized carbons (Fsp3) is 0.391. The number of amides is 1. The molecular formula is C23H27NO4. The van der Waals surface area contributed by atoms with Gasteiger partial charge in [0.25, 0.3) is 5.91 Å². The van der Waals surface area contributed by atoms with Gasteiger partial charge in [0.2, 0.25) is 0 Å². The topological polar surface area (TPSA) is 55.8 Å². The number of ether oxygens (including phenoxy) is 2. The van der Waals surface area contributed by atoms with Gasteiger partial charge in [0.15, 0.2) is 6.61 Å². The number of nitrogens with zero attached hydrogens (tertiary/aromatic N) is 1. The molecule has 0 bridgehead atoms.